The van der Waals surface area contributed by atoms with Crippen molar-refractivity contribution in [2.24, 2.45) is 34.0 Å². The molecule has 7 N–H and O–H groups in total. The maximum Gasteiger partial charge on any atom is 0.314 e. The van der Waals surface area contributed by atoms with Crippen LogP contribution in [0.3, 0.4) is 0 Å². The van der Waals surface area contributed by atoms with E-state index in [0.29, 0.717) is 12.8 Å². The molecule has 12 heteroatoms. The van der Waals surface area contributed by atoms with Crippen molar-refractivity contribution in [2.75, 3.05) is 13.2 Å². The van der Waals surface area contributed by atoms with Crippen molar-refractivity contribution in [3.05, 3.63) is 12.2 Å². The van der Waals surface area contributed by atoms with Gasteiger partial charge >= 0.3 is 5.97 Å². The molecule has 244 valence electrons. The average Bonchev–Trinajstić information content (AvgIpc) is 3.25. The summed E-state index contributed by atoms with van der Waals surface area (Å²) in [5.74, 6) is -0.148. The number of carbonyl (C=O) groups is 1. The Morgan fingerprint density at radius 3 is 2.37 bits per heavy atom. The number of rotatable bonds is 5. The third-order valence-corrected chi connectivity index (χ3v) is 12.4. The second-order valence-corrected chi connectivity index (χ2v) is 14.7. The van der Waals surface area contributed by atoms with Gasteiger partial charge in [-0.3, -0.25) is 4.79 Å². The maximum atomic E-state index is 14.0. The maximum absolute atomic E-state index is 14.0. The zero-order valence-electron chi connectivity index (χ0n) is 25.0. The van der Waals surface area contributed by atoms with Gasteiger partial charge in [-0.1, -0.05) is 25.5 Å². The lowest BCUT2D eigenvalue weighted by Crippen LogP contribution is -2.62. The lowest BCUT2D eigenvalue weighted by atomic mass is 9.41. The highest BCUT2D eigenvalue weighted by Gasteiger charge is 2.67. The third kappa shape index (κ3) is 5.01. The number of aliphatic hydroxyl groups is 7. The average molecular weight is 613 g/mol. The molecule has 0 aromatic rings. The summed E-state index contributed by atoms with van der Waals surface area (Å²) in [4.78, 5) is 14.0. The Labute approximate surface area is 251 Å². The summed E-state index contributed by atoms with van der Waals surface area (Å²) in [6.45, 7) is 7.76. The van der Waals surface area contributed by atoms with E-state index in [-0.39, 0.29) is 35.2 Å². The van der Waals surface area contributed by atoms with Crippen molar-refractivity contribution in [1.29, 1.82) is 0 Å². The Morgan fingerprint density at radius 2 is 1.63 bits per heavy atom. The predicted octanol–water partition coefficient (Wildman–Crippen LogP) is -0.267. The van der Waals surface area contributed by atoms with E-state index in [0.717, 1.165) is 44.1 Å². The van der Waals surface area contributed by atoms with Crippen molar-refractivity contribution >= 4 is 5.97 Å². The van der Waals surface area contributed by atoms with Crippen molar-refractivity contribution in [2.45, 2.75) is 127 Å². The van der Waals surface area contributed by atoms with Crippen LogP contribution in [-0.4, -0.2) is 116 Å². The van der Waals surface area contributed by atoms with Crippen LogP contribution in [-0.2, 0) is 23.7 Å². The minimum atomic E-state index is -1.72. The Bertz CT molecular complexity index is 1090. The molecule has 0 amide bonds. The Morgan fingerprint density at radius 1 is 0.907 bits per heavy atom. The molecular formula is C31H48O12. The van der Waals surface area contributed by atoms with Gasteiger partial charge in [0.1, 0.15) is 42.7 Å². The number of ether oxygens (including phenoxy) is 4. The van der Waals surface area contributed by atoms with Gasteiger partial charge in [0, 0.05) is 5.92 Å². The minimum absolute atomic E-state index is 0.0171. The van der Waals surface area contributed by atoms with Crippen LogP contribution in [0.25, 0.3) is 0 Å². The fourth-order valence-electron chi connectivity index (χ4n) is 10.1. The first kappa shape index (κ1) is 31.8. The van der Waals surface area contributed by atoms with Gasteiger partial charge in [0.15, 0.2) is 6.29 Å². The standard InChI is InChI=1S/C31H48O12/c1-14-10-31-8-5-19-29(2,20(31)9-16(32)15(14)11-31)6-4-7-30(19,3)28(39)43-27-25(38)23(36)22(35)18(42-27)13-41-26-24(37)21(34)17(33)12-40-26/h15-27,32-38H,1,4-13H2,2-3H3/t15-,16+,17+,18+,19-,20-,21-,22+,23-,24+,25+,26-,27-,29+,30+,31+/m0/s1. The smallest absolute Gasteiger partial charge is 0.314 e. The van der Waals surface area contributed by atoms with Crippen molar-refractivity contribution < 1.29 is 59.5 Å². The van der Waals surface area contributed by atoms with Crippen LogP contribution in [0.5, 0.6) is 0 Å². The largest absolute Gasteiger partial charge is 0.432 e. The molecule has 6 aliphatic rings. The van der Waals surface area contributed by atoms with Crippen LogP contribution >= 0.6 is 0 Å². The van der Waals surface area contributed by atoms with Crippen LogP contribution < -0.4 is 0 Å². The SMILES string of the molecule is C=C1C[C@@]23CC[C@H]4[C@@](C)(CCC[C@@]4(C)C(=O)O[C@@H]4O[C@H](CO[C@@H]5OC[C@@H](O)[C@H](O)[C@H]5O)[C@@H](O)[C@H](O)[C@H]4O)[C@@H]2C[C@@H](O)[C@H]1C3. The summed E-state index contributed by atoms with van der Waals surface area (Å²) in [5.41, 5.74) is 0.168. The molecule has 6 fully saturated rings. The van der Waals surface area contributed by atoms with Gasteiger partial charge in [-0.25, -0.2) is 0 Å². The quantitative estimate of drug-likeness (QED) is 0.159. The molecule has 0 radical (unpaired) electrons. The normalized spacial score (nSPS) is 54.9. The second kappa shape index (κ2) is 11.3. The molecule has 2 bridgehead atoms. The number of aliphatic hydroxyl groups excluding tert-OH is 7. The lowest BCUT2D eigenvalue weighted by molar-refractivity contribution is -0.317. The lowest BCUT2D eigenvalue weighted by Gasteiger charge is -2.64. The van der Waals surface area contributed by atoms with E-state index in [4.69, 9.17) is 18.9 Å². The molecule has 12 nitrogen and oxygen atoms in total. The molecule has 4 aliphatic carbocycles. The van der Waals surface area contributed by atoms with E-state index in [1.165, 1.54) is 0 Å². The molecule has 0 aromatic heterocycles. The zero-order chi connectivity index (χ0) is 31.1. The second-order valence-electron chi connectivity index (χ2n) is 14.7. The highest BCUT2D eigenvalue weighted by molar-refractivity contribution is 5.77. The summed E-state index contributed by atoms with van der Waals surface area (Å²) >= 11 is 0. The van der Waals surface area contributed by atoms with Gasteiger partial charge in [-0.05, 0) is 74.5 Å². The van der Waals surface area contributed by atoms with E-state index in [1.54, 1.807) is 0 Å². The number of hydrogen-bond donors (Lipinski definition) is 7. The highest BCUT2D eigenvalue weighted by atomic mass is 16.7. The molecule has 2 aliphatic heterocycles. The van der Waals surface area contributed by atoms with Crippen molar-refractivity contribution in [3.63, 3.8) is 0 Å². The minimum Gasteiger partial charge on any atom is -0.432 e. The summed E-state index contributed by atoms with van der Waals surface area (Å²) in [5, 5.41) is 72.6. The molecular weight excluding hydrogens is 564 g/mol. The summed E-state index contributed by atoms with van der Waals surface area (Å²) in [7, 11) is 0. The van der Waals surface area contributed by atoms with Gasteiger partial charge in [0.2, 0.25) is 6.29 Å². The van der Waals surface area contributed by atoms with Crippen molar-refractivity contribution in [3.8, 4) is 0 Å². The Balaban J connectivity index is 1.15. The van der Waals surface area contributed by atoms with Crippen LogP contribution in [0.4, 0.5) is 0 Å². The topological polar surface area (TPSA) is 196 Å². The van der Waals surface area contributed by atoms with Gasteiger partial charge in [-0.15, -0.1) is 0 Å². The third-order valence-electron chi connectivity index (χ3n) is 12.4. The molecule has 16 atom stereocenters. The molecule has 43 heavy (non-hydrogen) atoms. The van der Waals surface area contributed by atoms with Crippen LogP contribution in [0.2, 0.25) is 0 Å². The first-order valence-corrected chi connectivity index (χ1v) is 15.8. The Kier molecular flexibility index (Phi) is 8.32. The summed E-state index contributed by atoms with van der Waals surface area (Å²) in [6.07, 6.45) is -7.27. The highest BCUT2D eigenvalue weighted by Crippen LogP contribution is 2.72. The van der Waals surface area contributed by atoms with Crippen LogP contribution in [0, 0.1) is 34.0 Å². The molecule has 2 heterocycles. The van der Waals surface area contributed by atoms with Crippen LogP contribution in [0.15, 0.2) is 12.2 Å². The van der Waals surface area contributed by atoms with Gasteiger partial charge < -0.3 is 54.7 Å². The van der Waals surface area contributed by atoms with Crippen molar-refractivity contribution in [1.82, 2.24) is 0 Å². The molecule has 2 saturated heterocycles. The molecule has 0 aromatic carbocycles. The number of hydrogen-bond acceptors (Lipinski definition) is 12. The van der Waals surface area contributed by atoms with E-state index in [1.807, 2.05) is 6.92 Å². The van der Waals surface area contributed by atoms with E-state index in [9.17, 15) is 40.5 Å². The van der Waals surface area contributed by atoms with E-state index >= 15 is 0 Å². The fraction of sp³-hybridized carbons (Fsp3) is 0.903. The van der Waals surface area contributed by atoms with Gasteiger partial charge in [-0.2, -0.15) is 0 Å². The summed E-state index contributed by atoms with van der Waals surface area (Å²) in [6, 6.07) is 0. The number of esters is 1. The number of carbonyl (C=O) groups excluding carboxylic acids is 1. The Hall–Kier alpha value is -1.19. The number of fused-ring (bicyclic) bond motifs is 3. The predicted molar refractivity (Wildman–Crippen MR) is 148 cm³/mol. The van der Waals surface area contributed by atoms with E-state index < -0.39 is 79.4 Å². The fourth-order valence-corrected chi connectivity index (χ4v) is 10.1. The molecule has 6 rings (SSSR count). The van der Waals surface area contributed by atoms with E-state index in [2.05, 4.69) is 13.5 Å². The van der Waals surface area contributed by atoms with Gasteiger partial charge in [0.25, 0.3) is 0 Å². The summed E-state index contributed by atoms with van der Waals surface area (Å²) < 4.78 is 22.3. The zero-order valence-corrected chi connectivity index (χ0v) is 25.0. The molecule has 0 unspecified atom stereocenters. The molecule has 1 spiro atoms. The first-order valence-electron chi connectivity index (χ1n) is 15.8. The molecule has 4 saturated carbocycles. The monoisotopic (exact) mass is 612 g/mol. The first-order chi connectivity index (χ1) is 20.2. The van der Waals surface area contributed by atoms with Crippen LogP contribution in [0.1, 0.15) is 65.2 Å². The van der Waals surface area contributed by atoms with Gasteiger partial charge in [0.05, 0.1) is 24.7 Å².